The first-order valence-corrected chi connectivity index (χ1v) is 6.93. The predicted molar refractivity (Wildman–Crippen MR) is 82.7 cm³/mol. The van der Waals surface area contributed by atoms with Crippen molar-refractivity contribution in [3.63, 3.8) is 0 Å². The summed E-state index contributed by atoms with van der Waals surface area (Å²) in [7, 11) is 0. The van der Waals surface area contributed by atoms with Crippen LogP contribution in [-0.2, 0) is 0 Å². The molecule has 0 fully saturated rings. The molecule has 5 heteroatoms. The Morgan fingerprint density at radius 2 is 2.10 bits per heavy atom. The second-order valence-corrected chi connectivity index (χ2v) is 5.36. The molecule has 0 unspecified atom stereocenters. The highest BCUT2D eigenvalue weighted by molar-refractivity contribution is 5.60. The quantitative estimate of drug-likeness (QED) is 0.746. The summed E-state index contributed by atoms with van der Waals surface area (Å²) in [5.74, 6) is 1.60. The van der Waals surface area contributed by atoms with Crippen LogP contribution in [0.2, 0.25) is 0 Å². The van der Waals surface area contributed by atoms with Crippen LogP contribution in [0.1, 0.15) is 31.0 Å². The summed E-state index contributed by atoms with van der Waals surface area (Å²) in [5, 5.41) is 4.53. The fourth-order valence-corrected chi connectivity index (χ4v) is 2.12. The minimum Gasteiger partial charge on any atom is -0.437 e. The number of hydrogen-bond acceptors (Lipinski definition) is 4. The fraction of sp³-hybridized carbons (Fsp3) is 0.250. The van der Waals surface area contributed by atoms with Gasteiger partial charge in [-0.15, -0.1) is 0 Å². The number of rotatable bonds is 3. The van der Waals surface area contributed by atoms with Gasteiger partial charge in [0.05, 0.1) is 5.69 Å². The van der Waals surface area contributed by atoms with Gasteiger partial charge in [-0.1, -0.05) is 19.9 Å². The van der Waals surface area contributed by atoms with Gasteiger partial charge in [-0.3, -0.25) is 0 Å². The van der Waals surface area contributed by atoms with Crippen molar-refractivity contribution >= 4 is 11.2 Å². The normalized spacial score (nSPS) is 11.2. The number of anilines is 1. The van der Waals surface area contributed by atoms with Gasteiger partial charge < -0.3 is 10.5 Å². The van der Waals surface area contributed by atoms with Crippen molar-refractivity contribution in [2.45, 2.75) is 26.7 Å². The van der Waals surface area contributed by atoms with Crippen LogP contribution in [0.25, 0.3) is 5.52 Å². The molecule has 21 heavy (non-hydrogen) atoms. The maximum atomic E-state index is 5.94. The SMILES string of the molecule is Cc1c(N)cccc1Oc1nccn2nc(C(C)C)cc12. The smallest absolute Gasteiger partial charge is 0.245 e. The maximum Gasteiger partial charge on any atom is 0.245 e. The van der Waals surface area contributed by atoms with E-state index in [9.17, 15) is 0 Å². The Bertz CT molecular complexity index is 792. The van der Waals surface area contributed by atoms with Crippen LogP contribution < -0.4 is 10.5 Å². The zero-order valence-electron chi connectivity index (χ0n) is 12.4. The number of benzene rings is 1. The lowest BCUT2D eigenvalue weighted by Gasteiger charge is -2.09. The molecule has 2 heterocycles. The van der Waals surface area contributed by atoms with Gasteiger partial charge >= 0.3 is 0 Å². The Labute approximate surface area is 123 Å². The predicted octanol–water partition coefficient (Wildman–Crippen LogP) is 3.54. The Morgan fingerprint density at radius 1 is 1.29 bits per heavy atom. The minimum atomic E-state index is 0.354. The summed E-state index contributed by atoms with van der Waals surface area (Å²) >= 11 is 0. The molecule has 0 saturated heterocycles. The molecule has 0 aliphatic carbocycles. The third-order valence-corrected chi connectivity index (χ3v) is 3.50. The second kappa shape index (κ2) is 5.09. The number of nitrogens with two attached hydrogens (primary N) is 1. The van der Waals surface area contributed by atoms with Crippen molar-refractivity contribution in [1.82, 2.24) is 14.6 Å². The molecule has 0 amide bonds. The molecule has 0 radical (unpaired) electrons. The lowest BCUT2D eigenvalue weighted by Crippen LogP contribution is -1.97. The number of nitrogen functional groups attached to an aromatic ring is 1. The van der Waals surface area contributed by atoms with Crippen molar-refractivity contribution < 1.29 is 4.74 Å². The van der Waals surface area contributed by atoms with Gasteiger partial charge in [0.25, 0.3) is 0 Å². The fourth-order valence-electron chi connectivity index (χ4n) is 2.12. The van der Waals surface area contributed by atoms with Crippen LogP contribution in [0.3, 0.4) is 0 Å². The van der Waals surface area contributed by atoms with E-state index in [0.29, 0.717) is 23.2 Å². The topological polar surface area (TPSA) is 65.4 Å². The largest absolute Gasteiger partial charge is 0.437 e. The van der Waals surface area contributed by atoms with E-state index in [-0.39, 0.29) is 0 Å². The molecular weight excluding hydrogens is 264 g/mol. The van der Waals surface area contributed by atoms with E-state index in [1.54, 1.807) is 10.7 Å². The summed E-state index contributed by atoms with van der Waals surface area (Å²) < 4.78 is 7.74. The van der Waals surface area contributed by atoms with Gasteiger partial charge in [0.15, 0.2) is 0 Å². The highest BCUT2D eigenvalue weighted by atomic mass is 16.5. The molecule has 3 aromatic rings. The number of aromatic nitrogens is 3. The Morgan fingerprint density at radius 3 is 2.86 bits per heavy atom. The number of nitrogens with zero attached hydrogens (tertiary/aromatic N) is 3. The average Bonchev–Trinajstić information content (AvgIpc) is 2.89. The van der Waals surface area contributed by atoms with E-state index >= 15 is 0 Å². The monoisotopic (exact) mass is 282 g/mol. The minimum absolute atomic E-state index is 0.354. The van der Waals surface area contributed by atoms with Gasteiger partial charge in [-0.05, 0) is 31.0 Å². The molecule has 108 valence electrons. The molecule has 0 spiro atoms. The number of fused-ring (bicyclic) bond motifs is 1. The first-order valence-electron chi connectivity index (χ1n) is 6.93. The first kappa shape index (κ1) is 13.4. The van der Waals surface area contributed by atoms with Crippen molar-refractivity contribution in [3.8, 4) is 11.6 Å². The molecule has 0 bridgehead atoms. The van der Waals surface area contributed by atoms with E-state index in [1.165, 1.54) is 0 Å². The summed E-state index contributed by atoms with van der Waals surface area (Å²) in [6.45, 7) is 6.15. The summed E-state index contributed by atoms with van der Waals surface area (Å²) in [6.07, 6.45) is 3.50. The van der Waals surface area contributed by atoms with Crippen LogP contribution in [0.4, 0.5) is 5.69 Å². The van der Waals surface area contributed by atoms with E-state index in [1.807, 2.05) is 37.4 Å². The molecule has 0 atom stereocenters. The Kier molecular flexibility index (Phi) is 3.25. The highest BCUT2D eigenvalue weighted by Crippen LogP contribution is 2.30. The lowest BCUT2D eigenvalue weighted by atomic mass is 10.1. The molecule has 5 nitrogen and oxygen atoms in total. The van der Waals surface area contributed by atoms with Crippen LogP contribution in [0.5, 0.6) is 11.6 Å². The van der Waals surface area contributed by atoms with Crippen LogP contribution in [0.15, 0.2) is 36.7 Å². The highest BCUT2D eigenvalue weighted by Gasteiger charge is 2.12. The molecule has 0 saturated carbocycles. The molecular formula is C16H18N4O. The Balaban J connectivity index is 2.06. The van der Waals surface area contributed by atoms with Crippen LogP contribution in [0, 0.1) is 6.92 Å². The van der Waals surface area contributed by atoms with Crippen LogP contribution >= 0.6 is 0 Å². The van der Waals surface area contributed by atoms with Gasteiger partial charge in [-0.25, -0.2) is 9.50 Å². The summed E-state index contributed by atoms with van der Waals surface area (Å²) in [5.41, 5.74) is 9.39. The van der Waals surface area contributed by atoms with E-state index in [0.717, 1.165) is 16.8 Å². The molecule has 1 aromatic carbocycles. The molecule has 2 aromatic heterocycles. The number of hydrogen-bond donors (Lipinski definition) is 1. The van der Waals surface area contributed by atoms with Gasteiger partial charge in [0, 0.05) is 23.6 Å². The second-order valence-electron chi connectivity index (χ2n) is 5.36. The lowest BCUT2D eigenvalue weighted by molar-refractivity contribution is 0.462. The van der Waals surface area contributed by atoms with Crippen LogP contribution in [-0.4, -0.2) is 14.6 Å². The van der Waals surface area contributed by atoms with Crippen molar-refractivity contribution in [3.05, 3.63) is 47.9 Å². The van der Waals surface area contributed by atoms with Gasteiger partial charge in [0.2, 0.25) is 5.88 Å². The van der Waals surface area contributed by atoms with E-state index in [4.69, 9.17) is 10.5 Å². The average molecular weight is 282 g/mol. The Hall–Kier alpha value is -2.56. The molecule has 0 aliphatic rings. The molecule has 0 aliphatic heterocycles. The summed E-state index contributed by atoms with van der Waals surface area (Å²) in [4.78, 5) is 4.32. The standard InChI is InChI=1S/C16H18N4O/c1-10(2)13-9-14-16(18-7-8-20(14)19-13)21-15-6-4-5-12(17)11(15)3/h4-10H,17H2,1-3H3. The van der Waals surface area contributed by atoms with Crippen molar-refractivity contribution in [2.75, 3.05) is 5.73 Å². The molecule has 3 rings (SSSR count). The van der Waals surface area contributed by atoms with Gasteiger partial charge in [-0.2, -0.15) is 5.10 Å². The first-order chi connectivity index (χ1) is 10.1. The molecule has 2 N–H and O–H groups in total. The maximum absolute atomic E-state index is 5.94. The third-order valence-electron chi connectivity index (χ3n) is 3.50. The van der Waals surface area contributed by atoms with E-state index in [2.05, 4.69) is 23.9 Å². The summed E-state index contributed by atoms with van der Waals surface area (Å²) in [6, 6.07) is 7.62. The van der Waals surface area contributed by atoms with Crippen molar-refractivity contribution in [1.29, 1.82) is 0 Å². The third kappa shape index (κ3) is 2.42. The van der Waals surface area contributed by atoms with E-state index < -0.39 is 0 Å². The number of ether oxygens (including phenoxy) is 1. The van der Waals surface area contributed by atoms with Crippen molar-refractivity contribution in [2.24, 2.45) is 0 Å². The zero-order valence-corrected chi connectivity index (χ0v) is 12.4. The zero-order chi connectivity index (χ0) is 15.0. The van der Waals surface area contributed by atoms with Gasteiger partial charge in [0.1, 0.15) is 11.3 Å².